The Bertz CT molecular complexity index is 880. The Kier molecular flexibility index (Phi) is 4.87. The van der Waals surface area contributed by atoms with Crippen LogP contribution in [-0.4, -0.2) is 41.1 Å². The number of carbonyl (C=O) groups excluding carboxylic acids is 1. The van der Waals surface area contributed by atoms with E-state index in [1.54, 1.807) is 0 Å². The van der Waals surface area contributed by atoms with Crippen molar-refractivity contribution in [1.29, 1.82) is 0 Å². The summed E-state index contributed by atoms with van der Waals surface area (Å²) >= 11 is 3.51. The summed E-state index contributed by atoms with van der Waals surface area (Å²) in [5, 5.41) is 14.3. The molecular formula is C22H25BrN2O2. The van der Waals surface area contributed by atoms with E-state index < -0.39 is 6.10 Å². The number of carbonyl (C=O) groups is 1. The molecule has 2 aliphatic heterocycles. The molecule has 2 aliphatic rings. The van der Waals surface area contributed by atoms with Crippen molar-refractivity contribution < 1.29 is 9.90 Å². The molecule has 5 heteroatoms. The molecule has 142 valence electrons. The summed E-state index contributed by atoms with van der Waals surface area (Å²) in [6.45, 7) is 6.01. The molecule has 0 aromatic heterocycles. The van der Waals surface area contributed by atoms with Gasteiger partial charge < -0.3 is 15.3 Å². The third-order valence-electron chi connectivity index (χ3n) is 5.80. The van der Waals surface area contributed by atoms with E-state index in [2.05, 4.69) is 47.2 Å². The number of benzene rings is 2. The molecule has 2 N–H and O–H groups in total. The van der Waals surface area contributed by atoms with Crippen LogP contribution in [0, 0.1) is 0 Å². The van der Waals surface area contributed by atoms with Gasteiger partial charge in [-0.1, -0.05) is 54.0 Å². The molecule has 2 atom stereocenters. The van der Waals surface area contributed by atoms with E-state index >= 15 is 0 Å². The van der Waals surface area contributed by atoms with E-state index in [0.29, 0.717) is 13.1 Å². The van der Waals surface area contributed by atoms with Crippen molar-refractivity contribution in [3.8, 4) is 0 Å². The molecule has 27 heavy (non-hydrogen) atoms. The molecule has 0 unspecified atom stereocenters. The first-order chi connectivity index (χ1) is 12.8. The highest BCUT2D eigenvalue weighted by Gasteiger charge is 2.38. The fourth-order valence-electron chi connectivity index (χ4n) is 4.32. The maximum absolute atomic E-state index is 13.0. The number of nitrogens with zero attached hydrogens (tertiary/aromatic N) is 1. The second kappa shape index (κ2) is 7.04. The summed E-state index contributed by atoms with van der Waals surface area (Å²) in [6.07, 6.45) is 0.182. The molecule has 2 heterocycles. The molecule has 1 amide bonds. The zero-order chi connectivity index (χ0) is 19.2. The van der Waals surface area contributed by atoms with Gasteiger partial charge in [-0.3, -0.25) is 4.79 Å². The van der Waals surface area contributed by atoms with Crippen LogP contribution >= 0.6 is 15.9 Å². The van der Waals surface area contributed by atoms with Gasteiger partial charge in [-0.2, -0.15) is 0 Å². The average molecular weight is 429 g/mol. The number of β-amino-alcohol motifs (C(OH)–C–C–N with tert-alkyl or cyclic N) is 1. The van der Waals surface area contributed by atoms with Crippen LogP contribution in [0.2, 0.25) is 0 Å². The van der Waals surface area contributed by atoms with Crippen molar-refractivity contribution in [3.05, 3.63) is 69.2 Å². The Morgan fingerprint density at radius 2 is 2.00 bits per heavy atom. The fourth-order valence-corrected chi connectivity index (χ4v) is 4.68. The molecule has 4 rings (SSSR count). The van der Waals surface area contributed by atoms with E-state index in [0.717, 1.165) is 28.6 Å². The van der Waals surface area contributed by atoms with Gasteiger partial charge in [0.05, 0.1) is 6.10 Å². The van der Waals surface area contributed by atoms with E-state index in [1.165, 1.54) is 11.1 Å². The Labute approximate surface area is 168 Å². The molecule has 0 aliphatic carbocycles. The van der Waals surface area contributed by atoms with Gasteiger partial charge in [0.2, 0.25) is 0 Å². The lowest BCUT2D eigenvalue weighted by atomic mass is 9.78. The SMILES string of the molecule is CC1(C)CN(C[C@H](O)[C@@H]2Cc3ccccc3CN2)C(=O)c2ccc(Br)cc21. The molecule has 0 saturated carbocycles. The second-order valence-corrected chi connectivity index (χ2v) is 9.20. The first-order valence-corrected chi connectivity index (χ1v) is 10.2. The Morgan fingerprint density at radius 1 is 1.26 bits per heavy atom. The first kappa shape index (κ1) is 18.7. The zero-order valence-corrected chi connectivity index (χ0v) is 17.3. The predicted molar refractivity (Wildman–Crippen MR) is 110 cm³/mol. The van der Waals surface area contributed by atoms with E-state index in [4.69, 9.17) is 0 Å². The third-order valence-corrected chi connectivity index (χ3v) is 6.29. The summed E-state index contributed by atoms with van der Waals surface area (Å²) in [7, 11) is 0. The quantitative estimate of drug-likeness (QED) is 0.788. The number of hydrogen-bond acceptors (Lipinski definition) is 3. The number of halogens is 1. The number of amides is 1. The number of aliphatic hydroxyl groups excluding tert-OH is 1. The van der Waals surface area contributed by atoms with Crippen molar-refractivity contribution >= 4 is 21.8 Å². The molecule has 4 nitrogen and oxygen atoms in total. The molecule has 0 radical (unpaired) electrons. The number of rotatable bonds is 3. The van der Waals surface area contributed by atoms with Crippen LogP contribution in [0.4, 0.5) is 0 Å². The average Bonchev–Trinajstić information content (AvgIpc) is 2.65. The molecule has 0 bridgehead atoms. The van der Waals surface area contributed by atoms with Crippen LogP contribution < -0.4 is 5.32 Å². The van der Waals surface area contributed by atoms with Gasteiger partial charge in [-0.05, 0) is 41.3 Å². The van der Waals surface area contributed by atoms with Crippen molar-refractivity contribution in [3.63, 3.8) is 0 Å². The van der Waals surface area contributed by atoms with Gasteiger partial charge in [0, 0.05) is 41.1 Å². The van der Waals surface area contributed by atoms with Crippen LogP contribution in [0.1, 0.15) is 40.9 Å². The minimum atomic E-state index is -0.602. The fraction of sp³-hybridized carbons (Fsp3) is 0.409. The van der Waals surface area contributed by atoms with Crippen LogP contribution in [0.25, 0.3) is 0 Å². The highest BCUT2D eigenvalue weighted by molar-refractivity contribution is 9.10. The summed E-state index contributed by atoms with van der Waals surface area (Å²) < 4.78 is 0.987. The summed E-state index contributed by atoms with van der Waals surface area (Å²) in [5.74, 6) is 0.00656. The van der Waals surface area contributed by atoms with Crippen LogP contribution in [0.5, 0.6) is 0 Å². The molecule has 0 saturated heterocycles. The monoisotopic (exact) mass is 428 g/mol. The Balaban J connectivity index is 1.51. The van der Waals surface area contributed by atoms with Gasteiger partial charge in [-0.15, -0.1) is 0 Å². The largest absolute Gasteiger partial charge is 0.390 e. The normalized spacial score (nSPS) is 22.1. The maximum Gasteiger partial charge on any atom is 0.254 e. The highest BCUT2D eigenvalue weighted by atomic mass is 79.9. The smallest absolute Gasteiger partial charge is 0.254 e. The second-order valence-electron chi connectivity index (χ2n) is 8.29. The van der Waals surface area contributed by atoms with Crippen LogP contribution in [-0.2, 0) is 18.4 Å². The lowest BCUT2D eigenvalue weighted by Crippen LogP contribution is -2.54. The standard InChI is InChI=1S/C22H25BrN2O2/c1-22(2)13-25(21(27)17-8-7-16(23)10-18(17)22)12-20(26)19-9-14-5-3-4-6-15(14)11-24-19/h3-8,10,19-20,24,26H,9,11-13H2,1-2H3/t19-,20-/m0/s1. The molecule has 0 spiro atoms. The number of hydrogen-bond donors (Lipinski definition) is 2. The van der Waals surface area contributed by atoms with Crippen LogP contribution in [0.3, 0.4) is 0 Å². The Hall–Kier alpha value is -1.69. The summed E-state index contributed by atoms with van der Waals surface area (Å²) in [5.41, 5.74) is 4.22. The molecule has 2 aromatic rings. The lowest BCUT2D eigenvalue weighted by Gasteiger charge is -2.41. The van der Waals surface area contributed by atoms with Gasteiger partial charge in [-0.25, -0.2) is 0 Å². The van der Waals surface area contributed by atoms with E-state index in [1.807, 2.05) is 35.2 Å². The van der Waals surface area contributed by atoms with Crippen LogP contribution in [0.15, 0.2) is 46.9 Å². The van der Waals surface area contributed by atoms with Crippen molar-refractivity contribution in [2.45, 2.75) is 44.4 Å². The van der Waals surface area contributed by atoms with Gasteiger partial charge in [0.1, 0.15) is 0 Å². The first-order valence-electron chi connectivity index (χ1n) is 9.43. The Morgan fingerprint density at radius 3 is 2.78 bits per heavy atom. The maximum atomic E-state index is 13.0. The number of aliphatic hydroxyl groups is 1. The predicted octanol–water partition coefficient (Wildman–Crippen LogP) is 3.26. The van der Waals surface area contributed by atoms with Crippen molar-refractivity contribution in [1.82, 2.24) is 10.2 Å². The van der Waals surface area contributed by atoms with Gasteiger partial charge in [0.25, 0.3) is 5.91 Å². The van der Waals surface area contributed by atoms with Crippen molar-refractivity contribution in [2.24, 2.45) is 0 Å². The molecule has 0 fully saturated rings. The highest BCUT2D eigenvalue weighted by Crippen LogP contribution is 2.35. The van der Waals surface area contributed by atoms with E-state index in [9.17, 15) is 9.90 Å². The van der Waals surface area contributed by atoms with Gasteiger partial charge >= 0.3 is 0 Å². The van der Waals surface area contributed by atoms with Gasteiger partial charge in [0.15, 0.2) is 0 Å². The minimum absolute atomic E-state index is 0.00656. The lowest BCUT2D eigenvalue weighted by molar-refractivity contribution is 0.0445. The minimum Gasteiger partial charge on any atom is -0.390 e. The summed E-state index contributed by atoms with van der Waals surface area (Å²) in [6, 6.07) is 14.1. The third kappa shape index (κ3) is 3.56. The summed E-state index contributed by atoms with van der Waals surface area (Å²) in [4.78, 5) is 14.8. The molecular weight excluding hydrogens is 404 g/mol. The number of nitrogens with one attached hydrogen (secondary N) is 1. The van der Waals surface area contributed by atoms with Crippen molar-refractivity contribution in [2.75, 3.05) is 13.1 Å². The number of fused-ring (bicyclic) bond motifs is 2. The topological polar surface area (TPSA) is 52.6 Å². The zero-order valence-electron chi connectivity index (χ0n) is 15.7. The molecule has 2 aromatic carbocycles. The van der Waals surface area contributed by atoms with E-state index in [-0.39, 0.29) is 17.4 Å².